The Balaban J connectivity index is 1.73. The number of aromatic nitrogens is 2. The van der Waals surface area contributed by atoms with Gasteiger partial charge in [0.2, 0.25) is 5.79 Å². The molecule has 2 saturated heterocycles. The minimum Gasteiger partial charge on any atom is -0.756 e. The molecule has 36 heavy (non-hydrogen) atoms. The van der Waals surface area contributed by atoms with Gasteiger partial charge in [-0.25, -0.2) is 4.79 Å². The average Bonchev–Trinajstić information content (AvgIpc) is 3.07. The molecule has 0 bridgehead atoms. The number of nitrogen functional groups attached to an aromatic ring is 1. The number of carboxylic acid groups (broad SMARTS) is 1. The molecule has 1 unspecified atom stereocenters. The van der Waals surface area contributed by atoms with Gasteiger partial charge in [0.1, 0.15) is 55.0 Å². The molecule has 18 nitrogen and oxygen atoms in total. The van der Waals surface area contributed by atoms with E-state index in [0.29, 0.717) is 0 Å². The molecule has 2 fully saturated rings. The molecule has 0 aromatic carbocycles. The topological polar surface area (TPSA) is 307 Å². The van der Waals surface area contributed by atoms with E-state index in [2.05, 4.69) is 19.8 Å². The number of nitrogens with zero attached hydrogens (tertiary/aromatic N) is 2. The van der Waals surface area contributed by atoms with Gasteiger partial charge in [-0.1, -0.05) is 0 Å². The summed E-state index contributed by atoms with van der Waals surface area (Å²) in [4.78, 5) is 39.6. The van der Waals surface area contributed by atoms with Crippen molar-refractivity contribution in [3.63, 3.8) is 0 Å². The van der Waals surface area contributed by atoms with Crippen LogP contribution in [0.2, 0.25) is 0 Å². The number of hydrogen-bond donors (Lipinski definition) is 7. The van der Waals surface area contributed by atoms with Crippen LogP contribution in [0.15, 0.2) is 17.1 Å². The van der Waals surface area contributed by atoms with E-state index in [1.54, 1.807) is 0 Å². The van der Waals surface area contributed by atoms with E-state index >= 15 is 0 Å². The Labute approximate surface area is 201 Å². The van der Waals surface area contributed by atoms with Crippen molar-refractivity contribution in [1.29, 1.82) is 0 Å². The molecule has 3 rings (SSSR count). The minimum absolute atomic E-state index is 0.122. The fourth-order valence-corrected chi connectivity index (χ4v) is 4.67. The van der Waals surface area contributed by atoms with E-state index < -0.39 is 87.3 Å². The number of aliphatic hydroxyl groups excluding tert-OH is 5. The van der Waals surface area contributed by atoms with Gasteiger partial charge >= 0.3 is 5.69 Å². The summed E-state index contributed by atoms with van der Waals surface area (Å²) in [5.74, 6) is -5.59. The van der Waals surface area contributed by atoms with Crippen LogP contribution in [0.1, 0.15) is 12.6 Å². The predicted molar refractivity (Wildman–Crippen MR) is 106 cm³/mol. The van der Waals surface area contributed by atoms with E-state index in [-0.39, 0.29) is 12.4 Å². The summed E-state index contributed by atoms with van der Waals surface area (Å²) in [7, 11) is -5.65. The van der Waals surface area contributed by atoms with Gasteiger partial charge in [0.15, 0.2) is 6.23 Å². The van der Waals surface area contributed by atoms with Crippen LogP contribution in [0.3, 0.4) is 0 Å². The van der Waals surface area contributed by atoms with Gasteiger partial charge in [-0.05, 0) is 6.07 Å². The minimum atomic E-state index is -5.65. The highest BCUT2D eigenvalue weighted by Gasteiger charge is 2.53. The molecule has 0 spiro atoms. The third kappa shape index (κ3) is 5.75. The summed E-state index contributed by atoms with van der Waals surface area (Å²) in [5, 5.41) is 62.1. The summed E-state index contributed by atoms with van der Waals surface area (Å²) in [5.41, 5.74) is 7.81. The summed E-state index contributed by atoms with van der Waals surface area (Å²) >= 11 is 0. The number of carbonyl (C=O) groups excluding carboxylic acids is 1. The zero-order valence-corrected chi connectivity index (χ0v) is 19.3. The molecule has 19 heteroatoms. The second-order valence-electron chi connectivity index (χ2n) is 8.16. The maximum atomic E-state index is 12.4. The second-order valence-corrected chi connectivity index (χ2v) is 9.50. The lowest BCUT2D eigenvalue weighted by Crippen LogP contribution is -2.68. The van der Waals surface area contributed by atoms with Gasteiger partial charge in [-0.15, -0.1) is 0 Å². The SMILES string of the molecule is Nc1ccn([C@@H]2O[C@H](COP(=O)([O-])O[C@]3(C(=O)[O-])C[C@@H](O)[C@@H](O)[C@@H]([C@H](O)C[NH3+])O3)[C@@H](O)[C@H]2O)c(=O)n1. The molecule has 0 aliphatic carbocycles. The highest BCUT2D eigenvalue weighted by molar-refractivity contribution is 7.45. The third-order valence-electron chi connectivity index (χ3n) is 5.64. The molecule has 2 aliphatic heterocycles. The van der Waals surface area contributed by atoms with Gasteiger partial charge in [0.25, 0.3) is 7.82 Å². The molecule has 0 amide bonds. The largest absolute Gasteiger partial charge is 0.756 e. The number of quaternary nitrogens is 1. The van der Waals surface area contributed by atoms with Crippen LogP contribution in [-0.4, -0.2) is 103 Å². The normalized spacial score (nSPS) is 37.4. The van der Waals surface area contributed by atoms with Crippen LogP contribution >= 0.6 is 7.82 Å². The standard InChI is InChI=1S/C17H27N4O14P/c18-4-7(23)13-10(24)6(22)3-17(34-13,15(27)28)35-36(30,31)32-5-8-11(25)12(26)14(33-8)21-2-1-9(19)20-16(21)29/h1-2,6-8,10-14,22-26H,3-5,18H2,(H,27,28)(H,30,31)(H2,19,20,29)/p-1/t6-,7-,8-,10-,11-,12-,13-,14-,17+/m1/s1. The van der Waals surface area contributed by atoms with Gasteiger partial charge in [0, 0.05) is 12.6 Å². The summed E-state index contributed by atoms with van der Waals surface area (Å²) < 4.78 is 32.7. The molecule has 204 valence electrons. The quantitative estimate of drug-likeness (QED) is 0.143. The lowest BCUT2D eigenvalue weighted by molar-refractivity contribution is -0.410. The van der Waals surface area contributed by atoms with Crippen molar-refractivity contribution in [2.45, 2.75) is 61.2 Å². The number of phosphoric acid groups is 1. The van der Waals surface area contributed by atoms with Crippen LogP contribution in [-0.2, 0) is 27.9 Å². The van der Waals surface area contributed by atoms with Crippen molar-refractivity contribution in [3.8, 4) is 0 Å². The zero-order valence-electron chi connectivity index (χ0n) is 18.4. The molecule has 1 aromatic heterocycles. The van der Waals surface area contributed by atoms with Crippen molar-refractivity contribution < 1.29 is 69.1 Å². The number of phosphoric ester groups is 1. The highest BCUT2D eigenvalue weighted by Crippen LogP contribution is 2.48. The number of rotatable bonds is 9. The molecule has 0 saturated carbocycles. The number of anilines is 1. The van der Waals surface area contributed by atoms with E-state index in [1.807, 2.05) is 0 Å². The average molecular weight is 541 g/mol. The van der Waals surface area contributed by atoms with Gasteiger partial charge < -0.3 is 65.8 Å². The maximum absolute atomic E-state index is 12.4. The molecule has 0 radical (unpaired) electrons. The molecule has 2 aliphatic rings. The van der Waals surface area contributed by atoms with Crippen LogP contribution in [0.5, 0.6) is 0 Å². The summed E-state index contributed by atoms with van der Waals surface area (Å²) in [6, 6.07) is 1.21. The lowest BCUT2D eigenvalue weighted by atomic mass is 9.92. The van der Waals surface area contributed by atoms with E-state index in [4.69, 9.17) is 15.2 Å². The van der Waals surface area contributed by atoms with E-state index in [1.165, 1.54) is 6.07 Å². The van der Waals surface area contributed by atoms with E-state index in [9.17, 15) is 49.7 Å². The highest BCUT2D eigenvalue weighted by atomic mass is 31.2. The number of ether oxygens (including phenoxy) is 2. The smallest absolute Gasteiger partial charge is 0.351 e. The Hall–Kier alpha value is -2.06. The van der Waals surface area contributed by atoms with E-state index in [0.717, 1.165) is 10.8 Å². The van der Waals surface area contributed by atoms with Crippen molar-refractivity contribution >= 4 is 19.6 Å². The number of carbonyl (C=O) groups is 1. The zero-order chi connectivity index (χ0) is 27.0. The fraction of sp³-hybridized carbons (Fsp3) is 0.706. The van der Waals surface area contributed by atoms with Crippen LogP contribution in [0.4, 0.5) is 5.82 Å². The fourth-order valence-electron chi connectivity index (χ4n) is 3.74. The van der Waals surface area contributed by atoms with Gasteiger partial charge in [0.05, 0.1) is 12.7 Å². The third-order valence-corrected chi connectivity index (χ3v) is 6.62. The molecule has 10 N–H and O–H groups in total. The Bertz CT molecular complexity index is 1060. The number of nitrogens with two attached hydrogens (primary N) is 1. The second kappa shape index (κ2) is 10.7. The predicted octanol–water partition coefficient (Wildman–Crippen LogP) is -7.49. The monoisotopic (exact) mass is 541 g/mol. The number of hydrogen-bond acceptors (Lipinski definition) is 16. The van der Waals surface area contributed by atoms with Crippen LogP contribution in [0, 0.1) is 0 Å². The molecule has 10 atom stereocenters. The maximum Gasteiger partial charge on any atom is 0.351 e. The van der Waals surface area contributed by atoms with Crippen molar-refractivity contribution in [3.05, 3.63) is 22.7 Å². The number of aliphatic hydroxyl groups is 5. The summed E-state index contributed by atoms with van der Waals surface area (Å²) in [6.45, 7) is -1.33. The van der Waals surface area contributed by atoms with Crippen molar-refractivity contribution in [2.75, 3.05) is 18.9 Å². The first kappa shape index (κ1) is 28.5. The van der Waals surface area contributed by atoms with Gasteiger partial charge in [-0.3, -0.25) is 13.7 Å². The first-order chi connectivity index (χ1) is 16.7. The Morgan fingerprint density at radius 3 is 2.61 bits per heavy atom. The Morgan fingerprint density at radius 1 is 1.36 bits per heavy atom. The Morgan fingerprint density at radius 2 is 2.03 bits per heavy atom. The molecule has 1 aromatic rings. The van der Waals surface area contributed by atoms with Gasteiger partial charge in [-0.2, -0.15) is 4.98 Å². The number of carboxylic acids is 1. The molecule has 3 heterocycles. The first-order valence-electron chi connectivity index (χ1n) is 10.5. The Kier molecular flexibility index (Phi) is 8.50. The number of aliphatic carboxylic acids is 1. The summed E-state index contributed by atoms with van der Waals surface area (Å²) in [6.07, 6.45) is -13.7. The molecular weight excluding hydrogens is 515 g/mol. The molecular formula is C17H26N4O14P-. The first-order valence-corrected chi connectivity index (χ1v) is 11.9. The lowest BCUT2D eigenvalue weighted by Gasteiger charge is -2.47. The van der Waals surface area contributed by atoms with Crippen molar-refractivity contribution in [1.82, 2.24) is 9.55 Å². The van der Waals surface area contributed by atoms with Crippen LogP contribution in [0.25, 0.3) is 0 Å². The van der Waals surface area contributed by atoms with Crippen molar-refractivity contribution in [2.24, 2.45) is 0 Å². The van der Waals surface area contributed by atoms with Crippen LogP contribution < -0.4 is 27.2 Å².